The van der Waals surface area contributed by atoms with Crippen molar-refractivity contribution in [3.8, 4) is 0 Å². The first-order chi connectivity index (χ1) is 6.25. The van der Waals surface area contributed by atoms with Gasteiger partial charge in [-0.15, -0.1) is 11.6 Å². The molecule has 1 aliphatic rings. The highest BCUT2D eigenvalue weighted by Gasteiger charge is 2.27. The number of alkyl halides is 1. The zero-order valence-electron chi connectivity index (χ0n) is 7.11. The lowest BCUT2D eigenvalue weighted by Gasteiger charge is -2.23. The molecule has 0 radical (unpaired) electrons. The maximum absolute atomic E-state index is 6.05. The zero-order chi connectivity index (χ0) is 9.26. The summed E-state index contributed by atoms with van der Waals surface area (Å²) in [7, 11) is 0. The average Bonchev–Trinajstić information content (AvgIpc) is 2.53. The molecule has 2 atom stereocenters. The molecular weight excluding hydrogens is 190 g/mol. The van der Waals surface area contributed by atoms with E-state index in [1.54, 1.807) is 0 Å². The minimum absolute atomic E-state index is 0.137. The third-order valence-corrected chi connectivity index (χ3v) is 2.58. The fourth-order valence-electron chi connectivity index (χ4n) is 1.71. The van der Waals surface area contributed by atoms with Gasteiger partial charge in [0, 0.05) is 11.3 Å². The monoisotopic (exact) mass is 199 g/mol. The summed E-state index contributed by atoms with van der Waals surface area (Å²) in [5.41, 5.74) is 1.15. The molecule has 0 aliphatic heterocycles. The molecule has 5 heteroatoms. The number of hydrogen-bond acceptors (Lipinski definition) is 4. The van der Waals surface area contributed by atoms with Crippen LogP contribution in [0.5, 0.6) is 0 Å². The Morgan fingerprint density at radius 2 is 2.31 bits per heavy atom. The number of hydrogen-bond donors (Lipinski definition) is 0. The van der Waals surface area contributed by atoms with Crippen LogP contribution in [0.2, 0.25) is 0 Å². The molecule has 70 valence electrons. The van der Waals surface area contributed by atoms with Gasteiger partial charge in [0.25, 0.3) is 5.89 Å². The minimum atomic E-state index is 0.137. The topological polar surface area (TPSA) is 51.8 Å². The fourth-order valence-corrected chi connectivity index (χ4v) is 2.14. The van der Waals surface area contributed by atoms with Crippen LogP contribution in [0.1, 0.15) is 31.1 Å². The quantitative estimate of drug-likeness (QED) is 0.512. The van der Waals surface area contributed by atoms with E-state index in [0.29, 0.717) is 5.89 Å². The molecule has 4 nitrogen and oxygen atoms in total. The van der Waals surface area contributed by atoms with Gasteiger partial charge >= 0.3 is 0 Å². The smallest absolute Gasteiger partial charge is 0.251 e. The minimum Gasteiger partial charge on any atom is -0.320 e. The van der Waals surface area contributed by atoms with Gasteiger partial charge in [0.15, 0.2) is 0 Å². The standard InChI is InChI=1S/C8H10ClN3O/c1-5-2-6(4-7(9)3-5)8-10-11-12-13-8/h6-7H,1-4H2. The van der Waals surface area contributed by atoms with Gasteiger partial charge in [-0.2, -0.15) is 0 Å². The summed E-state index contributed by atoms with van der Waals surface area (Å²) < 4.78 is 4.90. The van der Waals surface area contributed by atoms with Crippen molar-refractivity contribution in [2.24, 2.45) is 0 Å². The summed E-state index contributed by atoms with van der Waals surface area (Å²) in [6, 6.07) is 0. The van der Waals surface area contributed by atoms with Gasteiger partial charge in [-0.3, -0.25) is 0 Å². The van der Waals surface area contributed by atoms with Crippen molar-refractivity contribution in [1.82, 2.24) is 15.6 Å². The van der Waals surface area contributed by atoms with Crippen molar-refractivity contribution in [2.75, 3.05) is 0 Å². The highest BCUT2D eigenvalue weighted by atomic mass is 35.5. The van der Waals surface area contributed by atoms with Gasteiger partial charge < -0.3 is 4.52 Å². The van der Waals surface area contributed by atoms with Gasteiger partial charge in [0.05, 0.1) is 5.27 Å². The zero-order valence-corrected chi connectivity index (χ0v) is 7.87. The first-order valence-corrected chi connectivity index (χ1v) is 4.65. The van der Waals surface area contributed by atoms with Gasteiger partial charge in [0.2, 0.25) is 0 Å². The maximum atomic E-state index is 6.05. The highest BCUT2D eigenvalue weighted by molar-refractivity contribution is 6.20. The largest absolute Gasteiger partial charge is 0.320 e. The van der Waals surface area contributed by atoms with Crippen LogP contribution in [0.25, 0.3) is 0 Å². The molecule has 1 heterocycles. The maximum Gasteiger partial charge on any atom is 0.251 e. The lowest BCUT2D eigenvalue weighted by molar-refractivity contribution is 0.324. The van der Waals surface area contributed by atoms with Crippen molar-refractivity contribution >= 4 is 11.6 Å². The second kappa shape index (κ2) is 3.46. The van der Waals surface area contributed by atoms with Crippen molar-refractivity contribution in [3.63, 3.8) is 0 Å². The molecule has 0 bridgehead atoms. The molecule has 0 aromatic carbocycles. The summed E-state index contributed by atoms with van der Waals surface area (Å²) in [5.74, 6) is 0.783. The molecule has 2 rings (SSSR count). The molecule has 13 heavy (non-hydrogen) atoms. The van der Waals surface area contributed by atoms with Crippen molar-refractivity contribution in [2.45, 2.75) is 30.6 Å². The Labute approximate surface area is 80.9 Å². The Kier molecular flexibility index (Phi) is 2.31. The van der Waals surface area contributed by atoms with Crippen LogP contribution in [0, 0.1) is 0 Å². The average molecular weight is 200 g/mol. The van der Waals surface area contributed by atoms with Gasteiger partial charge in [0.1, 0.15) is 0 Å². The van der Waals surface area contributed by atoms with Crippen LogP contribution < -0.4 is 0 Å². The number of rotatable bonds is 1. The Bertz CT molecular complexity index is 298. The van der Waals surface area contributed by atoms with E-state index in [1.165, 1.54) is 0 Å². The molecule has 0 amide bonds. The van der Waals surface area contributed by atoms with Crippen LogP contribution in [-0.2, 0) is 0 Å². The molecule has 0 spiro atoms. The third kappa shape index (κ3) is 1.88. The predicted molar refractivity (Wildman–Crippen MR) is 47.5 cm³/mol. The van der Waals surface area contributed by atoms with E-state index < -0.39 is 0 Å². The van der Waals surface area contributed by atoms with E-state index in [-0.39, 0.29) is 11.3 Å². The third-order valence-electron chi connectivity index (χ3n) is 2.25. The van der Waals surface area contributed by atoms with E-state index >= 15 is 0 Å². The molecule has 0 saturated heterocycles. The van der Waals surface area contributed by atoms with Crippen LogP contribution >= 0.6 is 11.6 Å². The predicted octanol–water partition coefficient (Wildman–Crippen LogP) is 1.90. The Morgan fingerprint density at radius 3 is 2.92 bits per heavy atom. The summed E-state index contributed by atoms with van der Waals surface area (Å²) in [6.07, 6.45) is 2.64. The summed E-state index contributed by atoms with van der Waals surface area (Å²) in [4.78, 5) is 0. The SMILES string of the molecule is C=C1CC(Cl)CC(c2nnno2)C1. The fraction of sp³-hybridized carbons (Fsp3) is 0.625. The lowest BCUT2D eigenvalue weighted by atomic mass is 9.86. The Balaban J connectivity index is 2.12. The van der Waals surface area contributed by atoms with E-state index in [4.69, 9.17) is 16.1 Å². The number of halogens is 1. The van der Waals surface area contributed by atoms with Gasteiger partial charge in [-0.25, -0.2) is 0 Å². The van der Waals surface area contributed by atoms with E-state index in [1.807, 2.05) is 0 Å². The second-order valence-electron chi connectivity index (χ2n) is 3.39. The highest BCUT2D eigenvalue weighted by Crippen LogP contribution is 2.36. The van der Waals surface area contributed by atoms with E-state index in [2.05, 4.69) is 22.2 Å². The van der Waals surface area contributed by atoms with Crippen molar-refractivity contribution in [3.05, 3.63) is 18.0 Å². The normalized spacial score (nSPS) is 29.2. The molecule has 1 aromatic rings. The van der Waals surface area contributed by atoms with Crippen LogP contribution in [0.3, 0.4) is 0 Å². The molecule has 1 fully saturated rings. The first-order valence-electron chi connectivity index (χ1n) is 4.21. The Morgan fingerprint density at radius 1 is 1.46 bits per heavy atom. The molecule has 2 unspecified atom stereocenters. The number of nitrogens with zero attached hydrogens (tertiary/aromatic N) is 3. The summed E-state index contributed by atoms with van der Waals surface area (Å²) in [6.45, 7) is 3.93. The van der Waals surface area contributed by atoms with Crippen LogP contribution in [0.4, 0.5) is 0 Å². The van der Waals surface area contributed by atoms with E-state index in [9.17, 15) is 0 Å². The lowest BCUT2D eigenvalue weighted by Crippen LogP contribution is -2.15. The Hall–Kier alpha value is -0.900. The molecule has 1 aromatic heterocycles. The summed E-state index contributed by atoms with van der Waals surface area (Å²) in [5, 5.41) is 10.7. The summed E-state index contributed by atoms with van der Waals surface area (Å²) >= 11 is 6.05. The number of aromatic nitrogens is 3. The molecule has 1 saturated carbocycles. The van der Waals surface area contributed by atoms with E-state index in [0.717, 1.165) is 24.8 Å². The molecule has 0 N–H and O–H groups in total. The van der Waals surface area contributed by atoms with Crippen molar-refractivity contribution in [1.29, 1.82) is 0 Å². The number of allylic oxidation sites excluding steroid dienone is 1. The van der Waals surface area contributed by atoms with Crippen molar-refractivity contribution < 1.29 is 4.52 Å². The first kappa shape index (κ1) is 8.69. The van der Waals surface area contributed by atoms with Crippen LogP contribution in [0.15, 0.2) is 16.7 Å². The van der Waals surface area contributed by atoms with Crippen LogP contribution in [-0.4, -0.2) is 21.0 Å². The second-order valence-corrected chi connectivity index (χ2v) is 4.01. The molecule has 1 aliphatic carbocycles. The van der Waals surface area contributed by atoms with Gasteiger partial charge in [-0.1, -0.05) is 17.3 Å². The van der Waals surface area contributed by atoms with Gasteiger partial charge in [-0.05, 0) is 24.5 Å². The molecular formula is C8H10ClN3O.